The Morgan fingerprint density at radius 2 is 2.00 bits per heavy atom. The Morgan fingerprint density at radius 3 is 2.53 bits per heavy atom. The summed E-state index contributed by atoms with van der Waals surface area (Å²) in [5.74, 6) is 0. The molecule has 1 atom stereocenters. The van der Waals surface area contributed by atoms with E-state index in [1.165, 1.54) is 5.56 Å². The molecule has 0 heterocycles. The lowest BCUT2D eigenvalue weighted by molar-refractivity contribution is 0.0353. The summed E-state index contributed by atoms with van der Waals surface area (Å²) in [6, 6.07) is 6.01. The molecule has 0 saturated heterocycles. The van der Waals surface area contributed by atoms with E-state index in [-0.39, 0.29) is 6.54 Å². The van der Waals surface area contributed by atoms with Crippen LogP contribution in [0, 0.1) is 13.8 Å². The summed E-state index contributed by atoms with van der Waals surface area (Å²) in [6.45, 7) is 6.44. The predicted molar refractivity (Wildman–Crippen MR) is 63.8 cm³/mol. The van der Waals surface area contributed by atoms with Gasteiger partial charge in [0.2, 0.25) is 0 Å². The smallest absolute Gasteiger partial charge is 0.102 e. The molecule has 2 nitrogen and oxygen atoms in total. The molecule has 1 rings (SSSR count). The first-order chi connectivity index (χ1) is 7.05. The van der Waals surface area contributed by atoms with Gasteiger partial charge in [0.1, 0.15) is 5.60 Å². The van der Waals surface area contributed by atoms with Crippen LogP contribution in [0.1, 0.15) is 36.5 Å². The van der Waals surface area contributed by atoms with Gasteiger partial charge in [-0.15, -0.1) is 0 Å². The number of aryl methyl sites for hydroxylation is 1. The molecule has 15 heavy (non-hydrogen) atoms. The number of rotatable bonds is 4. The topological polar surface area (TPSA) is 46.2 Å². The Morgan fingerprint density at radius 1 is 1.33 bits per heavy atom. The number of hydrogen-bond donors (Lipinski definition) is 2. The van der Waals surface area contributed by atoms with E-state index >= 15 is 0 Å². The maximum absolute atomic E-state index is 10.5. The third-order valence-electron chi connectivity index (χ3n) is 3.11. The van der Waals surface area contributed by atoms with Gasteiger partial charge in [-0.3, -0.25) is 0 Å². The van der Waals surface area contributed by atoms with Gasteiger partial charge in [-0.25, -0.2) is 0 Å². The maximum atomic E-state index is 10.5. The van der Waals surface area contributed by atoms with Gasteiger partial charge in [0.15, 0.2) is 0 Å². The Labute approximate surface area is 92.1 Å². The van der Waals surface area contributed by atoms with Crippen molar-refractivity contribution in [1.29, 1.82) is 0 Å². The van der Waals surface area contributed by atoms with Crippen LogP contribution in [0.25, 0.3) is 0 Å². The van der Waals surface area contributed by atoms with Gasteiger partial charge < -0.3 is 10.8 Å². The molecule has 0 amide bonds. The minimum Gasteiger partial charge on any atom is -0.384 e. The summed E-state index contributed by atoms with van der Waals surface area (Å²) < 4.78 is 0. The molecular weight excluding hydrogens is 186 g/mol. The van der Waals surface area contributed by atoms with Crippen LogP contribution in [0.15, 0.2) is 18.2 Å². The highest BCUT2D eigenvalue weighted by Crippen LogP contribution is 2.29. The van der Waals surface area contributed by atoms with E-state index in [1.807, 2.05) is 19.1 Å². The molecular formula is C13H21NO. The van der Waals surface area contributed by atoms with Crippen molar-refractivity contribution in [3.8, 4) is 0 Å². The average molecular weight is 207 g/mol. The second kappa shape index (κ2) is 4.77. The van der Waals surface area contributed by atoms with Crippen LogP contribution < -0.4 is 5.73 Å². The van der Waals surface area contributed by atoms with Gasteiger partial charge in [-0.05, 0) is 37.0 Å². The van der Waals surface area contributed by atoms with Crippen molar-refractivity contribution in [2.45, 2.75) is 39.2 Å². The first-order valence-electron chi connectivity index (χ1n) is 5.54. The van der Waals surface area contributed by atoms with Crippen molar-refractivity contribution < 1.29 is 5.11 Å². The van der Waals surface area contributed by atoms with Crippen LogP contribution in [0.5, 0.6) is 0 Å². The molecule has 0 aliphatic rings. The molecule has 3 N–H and O–H groups in total. The van der Waals surface area contributed by atoms with E-state index in [0.29, 0.717) is 6.42 Å². The van der Waals surface area contributed by atoms with E-state index in [9.17, 15) is 5.11 Å². The van der Waals surface area contributed by atoms with E-state index in [2.05, 4.69) is 19.9 Å². The lowest BCUT2D eigenvalue weighted by Gasteiger charge is -2.29. The third-order valence-corrected chi connectivity index (χ3v) is 3.11. The lowest BCUT2D eigenvalue weighted by Crippen LogP contribution is -2.35. The van der Waals surface area contributed by atoms with Crippen LogP contribution in [-0.2, 0) is 5.60 Å². The fourth-order valence-corrected chi connectivity index (χ4v) is 2.02. The van der Waals surface area contributed by atoms with Gasteiger partial charge in [0.25, 0.3) is 0 Å². The zero-order chi connectivity index (χ0) is 11.5. The van der Waals surface area contributed by atoms with Gasteiger partial charge in [0.05, 0.1) is 0 Å². The van der Waals surface area contributed by atoms with Gasteiger partial charge >= 0.3 is 0 Å². The monoisotopic (exact) mass is 207 g/mol. The van der Waals surface area contributed by atoms with Crippen molar-refractivity contribution in [1.82, 2.24) is 0 Å². The molecule has 1 aromatic carbocycles. The minimum atomic E-state index is -0.856. The molecule has 0 fully saturated rings. The standard InChI is InChI=1S/C13H21NO/c1-4-8-13(15,9-14)12-7-5-6-10(2)11(12)3/h5-7,15H,4,8-9,14H2,1-3H3. The fourth-order valence-electron chi connectivity index (χ4n) is 2.02. The zero-order valence-corrected chi connectivity index (χ0v) is 9.88. The molecule has 0 spiro atoms. The van der Waals surface area contributed by atoms with Crippen LogP contribution in [-0.4, -0.2) is 11.7 Å². The molecule has 1 aromatic rings. The molecule has 0 saturated carbocycles. The number of nitrogens with two attached hydrogens (primary N) is 1. The molecule has 84 valence electrons. The highest BCUT2D eigenvalue weighted by atomic mass is 16.3. The van der Waals surface area contributed by atoms with Crippen LogP contribution in [0.3, 0.4) is 0 Å². The Hall–Kier alpha value is -0.860. The third kappa shape index (κ3) is 2.39. The quantitative estimate of drug-likeness (QED) is 0.795. The average Bonchev–Trinajstić information content (AvgIpc) is 2.22. The van der Waals surface area contributed by atoms with E-state index in [0.717, 1.165) is 17.5 Å². The summed E-state index contributed by atoms with van der Waals surface area (Å²) in [5, 5.41) is 10.5. The first kappa shape index (κ1) is 12.2. The largest absolute Gasteiger partial charge is 0.384 e. The second-order valence-electron chi connectivity index (χ2n) is 4.23. The van der Waals surface area contributed by atoms with Gasteiger partial charge in [0, 0.05) is 6.54 Å². The van der Waals surface area contributed by atoms with E-state index in [1.54, 1.807) is 0 Å². The summed E-state index contributed by atoms with van der Waals surface area (Å²) in [4.78, 5) is 0. The molecule has 1 unspecified atom stereocenters. The van der Waals surface area contributed by atoms with Crippen molar-refractivity contribution >= 4 is 0 Å². The predicted octanol–water partition coefficient (Wildman–Crippen LogP) is 2.25. The van der Waals surface area contributed by atoms with Crippen LogP contribution in [0.4, 0.5) is 0 Å². The number of aliphatic hydroxyl groups is 1. The van der Waals surface area contributed by atoms with Crippen molar-refractivity contribution in [3.05, 3.63) is 34.9 Å². The second-order valence-corrected chi connectivity index (χ2v) is 4.23. The highest BCUT2D eigenvalue weighted by Gasteiger charge is 2.28. The molecule has 0 aromatic heterocycles. The maximum Gasteiger partial charge on any atom is 0.102 e. The van der Waals surface area contributed by atoms with E-state index in [4.69, 9.17) is 5.73 Å². The van der Waals surface area contributed by atoms with Crippen molar-refractivity contribution in [2.24, 2.45) is 5.73 Å². The van der Waals surface area contributed by atoms with Crippen molar-refractivity contribution in [3.63, 3.8) is 0 Å². The molecule has 0 aliphatic heterocycles. The zero-order valence-electron chi connectivity index (χ0n) is 9.88. The van der Waals surface area contributed by atoms with Crippen LogP contribution >= 0.6 is 0 Å². The lowest BCUT2D eigenvalue weighted by atomic mass is 9.85. The number of benzene rings is 1. The Balaban J connectivity index is 3.17. The molecule has 0 radical (unpaired) electrons. The summed E-state index contributed by atoms with van der Waals surface area (Å²) in [5.41, 5.74) is 8.17. The highest BCUT2D eigenvalue weighted by molar-refractivity contribution is 5.37. The summed E-state index contributed by atoms with van der Waals surface area (Å²) >= 11 is 0. The van der Waals surface area contributed by atoms with Gasteiger partial charge in [-0.2, -0.15) is 0 Å². The summed E-state index contributed by atoms with van der Waals surface area (Å²) in [7, 11) is 0. The van der Waals surface area contributed by atoms with Crippen LogP contribution in [0.2, 0.25) is 0 Å². The number of hydrogen-bond acceptors (Lipinski definition) is 2. The SMILES string of the molecule is CCCC(O)(CN)c1cccc(C)c1C. The minimum absolute atomic E-state index is 0.283. The van der Waals surface area contributed by atoms with Gasteiger partial charge in [-0.1, -0.05) is 31.5 Å². The Bertz CT molecular complexity index is 335. The summed E-state index contributed by atoms with van der Waals surface area (Å²) in [6.07, 6.45) is 1.65. The molecule has 2 heteroatoms. The van der Waals surface area contributed by atoms with E-state index < -0.39 is 5.60 Å². The fraction of sp³-hybridized carbons (Fsp3) is 0.538. The normalized spacial score (nSPS) is 15.0. The Kier molecular flexibility index (Phi) is 3.89. The first-order valence-corrected chi connectivity index (χ1v) is 5.54. The molecule has 0 bridgehead atoms. The molecule has 0 aliphatic carbocycles. The van der Waals surface area contributed by atoms with Crippen molar-refractivity contribution in [2.75, 3.05) is 6.54 Å².